The minimum absolute atomic E-state index is 0.0625. The third-order valence-corrected chi connectivity index (χ3v) is 5.51. The standard InChI is InChI=1S/C17H17BrINO2/c1-10-5-4-6-13(16(10)19)17(21)20-11(2)12-7-8-15(22-3)14(18)9-12/h4-9,11H,1-3H3,(H,20,21). The summed E-state index contributed by atoms with van der Waals surface area (Å²) in [4.78, 5) is 12.5. The summed E-state index contributed by atoms with van der Waals surface area (Å²) in [6, 6.07) is 11.5. The maximum absolute atomic E-state index is 12.5. The molecule has 3 nitrogen and oxygen atoms in total. The van der Waals surface area contributed by atoms with Gasteiger partial charge in [0.2, 0.25) is 0 Å². The Morgan fingerprint density at radius 3 is 2.68 bits per heavy atom. The first-order valence-electron chi connectivity index (χ1n) is 6.83. The lowest BCUT2D eigenvalue weighted by molar-refractivity contribution is 0.0939. The molecule has 0 spiro atoms. The van der Waals surface area contributed by atoms with Crippen molar-refractivity contribution in [1.82, 2.24) is 5.32 Å². The lowest BCUT2D eigenvalue weighted by Gasteiger charge is -2.16. The minimum atomic E-state index is -0.0916. The number of hydrogen-bond donors (Lipinski definition) is 1. The quantitative estimate of drug-likeness (QED) is 0.644. The van der Waals surface area contributed by atoms with Crippen LogP contribution in [0.5, 0.6) is 5.75 Å². The Morgan fingerprint density at radius 1 is 1.32 bits per heavy atom. The van der Waals surface area contributed by atoms with E-state index in [2.05, 4.69) is 43.8 Å². The van der Waals surface area contributed by atoms with E-state index in [9.17, 15) is 4.79 Å². The number of ether oxygens (including phenoxy) is 1. The van der Waals surface area contributed by atoms with Gasteiger partial charge in [-0.25, -0.2) is 0 Å². The molecular weight excluding hydrogens is 457 g/mol. The lowest BCUT2D eigenvalue weighted by atomic mass is 10.1. The van der Waals surface area contributed by atoms with Crippen LogP contribution in [0.25, 0.3) is 0 Å². The number of hydrogen-bond acceptors (Lipinski definition) is 2. The fourth-order valence-electron chi connectivity index (χ4n) is 2.13. The fourth-order valence-corrected chi connectivity index (χ4v) is 3.30. The smallest absolute Gasteiger partial charge is 0.252 e. The van der Waals surface area contributed by atoms with E-state index >= 15 is 0 Å². The molecular formula is C17H17BrINO2. The average molecular weight is 474 g/mol. The van der Waals surface area contributed by atoms with Crippen molar-refractivity contribution in [3.05, 3.63) is 61.1 Å². The van der Waals surface area contributed by atoms with Crippen LogP contribution >= 0.6 is 38.5 Å². The van der Waals surface area contributed by atoms with Gasteiger partial charge >= 0.3 is 0 Å². The highest BCUT2D eigenvalue weighted by Crippen LogP contribution is 2.28. The zero-order valence-corrected chi connectivity index (χ0v) is 16.4. The summed E-state index contributed by atoms with van der Waals surface area (Å²) in [5, 5.41) is 3.04. The molecule has 0 aromatic heterocycles. The maximum Gasteiger partial charge on any atom is 0.252 e. The Bertz CT molecular complexity index is 703. The third-order valence-electron chi connectivity index (χ3n) is 3.46. The number of methoxy groups -OCH3 is 1. The molecule has 5 heteroatoms. The number of amides is 1. The van der Waals surface area contributed by atoms with Gasteiger partial charge in [0.05, 0.1) is 23.2 Å². The molecule has 0 aliphatic heterocycles. The Morgan fingerprint density at radius 2 is 2.05 bits per heavy atom. The van der Waals surface area contributed by atoms with E-state index in [1.54, 1.807) is 7.11 Å². The van der Waals surface area contributed by atoms with Crippen molar-refractivity contribution < 1.29 is 9.53 Å². The van der Waals surface area contributed by atoms with Crippen molar-refractivity contribution in [2.75, 3.05) is 7.11 Å². The van der Waals surface area contributed by atoms with E-state index < -0.39 is 0 Å². The summed E-state index contributed by atoms with van der Waals surface area (Å²) >= 11 is 5.68. The van der Waals surface area contributed by atoms with Crippen LogP contribution in [-0.2, 0) is 0 Å². The zero-order chi connectivity index (χ0) is 16.3. The second kappa shape index (κ2) is 7.46. The van der Waals surface area contributed by atoms with Gasteiger partial charge in [0.15, 0.2) is 0 Å². The molecule has 0 bridgehead atoms. The minimum Gasteiger partial charge on any atom is -0.496 e. The van der Waals surface area contributed by atoms with Crippen molar-refractivity contribution in [3.8, 4) is 5.75 Å². The van der Waals surface area contributed by atoms with Gasteiger partial charge < -0.3 is 10.1 Å². The van der Waals surface area contributed by atoms with Crippen LogP contribution in [0.2, 0.25) is 0 Å². The zero-order valence-electron chi connectivity index (χ0n) is 12.6. The first-order chi connectivity index (χ1) is 10.4. The highest BCUT2D eigenvalue weighted by Gasteiger charge is 2.15. The van der Waals surface area contributed by atoms with Crippen LogP contribution in [0.3, 0.4) is 0 Å². The van der Waals surface area contributed by atoms with Gasteiger partial charge in [0.1, 0.15) is 5.75 Å². The Kier molecular flexibility index (Phi) is 5.86. The molecule has 0 saturated carbocycles. The van der Waals surface area contributed by atoms with Crippen LogP contribution in [-0.4, -0.2) is 13.0 Å². The highest BCUT2D eigenvalue weighted by molar-refractivity contribution is 14.1. The van der Waals surface area contributed by atoms with Crippen LogP contribution in [0.15, 0.2) is 40.9 Å². The SMILES string of the molecule is COc1ccc(C(C)NC(=O)c2cccc(C)c2I)cc1Br. The van der Waals surface area contributed by atoms with Gasteiger partial charge in [0.25, 0.3) is 5.91 Å². The van der Waals surface area contributed by atoms with E-state index in [0.717, 1.165) is 24.9 Å². The second-order valence-electron chi connectivity index (χ2n) is 5.03. The van der Waals surface area contributed by atoms with Crippen molar-refractivity contribution >= 4 is 44.4 Å². The summed E-state index contributed by atoms with van der Waals surface area (Å²) in [7, 11) is 1.63. The van der Waals surface area contributed by atoms with Crippen molar-refractivity contribution in [1.29, 1.82) is 0 Å². The third kappa shape index (κ3) is 3.81. The molecule has 1 atom stereocenters. The number of nitrogens with one attached hydrogen (secondary N) is 1. The summed E-state index contributed by atoms with van der Waals surface area (Å²) in [5.74, 6) is 0.711. The van der Waals surface area contributed by atoms with Crippen molar-refractivity contribution in [3.63, 3.8) is 0 Å². The molecule has 2 aromatic rings. The van der Waals surface area contributed by atoms with E-state index in [1.165, 1.54) is 0 Å². The average Bonchev–Trinajstić information content (AvgIpc) is 2.49. The molecule has 0 radical (unpaired) electrons. The first kappa shape index (κ1) is 17.3. The fraction of sp³-hybridized carbons (Fsp3) is 0.235. The maximum atomic E-state index is 12.5. The first-order valence-corrected chi connectivity index (χ1v) is 8.70. The van der Waals surface area contributed by atoms with Gasteiger partial charge in [-0.3, -0.25) is 4.79 Å². The molecule has 0 aliphatic rings. The number of carbonyl (C=O) groups excluding carboxylic acids is 1. The summed E-state index contributed by atoms with van der Waals surface area (Å²) < 4.78 is 7.08. The lowest BCUT2D eigenvalue weighted by Crippen LogP contribution is -2.27. The predicted molar refractivity (Wildman–Crippen MR) is 100 cm³/mol. The number of carbonyl (C=O) groups is 1. The number of benzene rings is 2. The molecule has 116 valence electrons. The highest BCUT2D eigenvalue weighted by atomic mass is 127. The van der Waals surface area contributed by atoms with E-state index in [1.807, 2.05) is 50.2 Å². The molecule has 2 aromatic carbocycles. The Balaban J connectivity index is 2.18. The van der Waals surface area contributed by atoms with Crippen LogP contribution in [0, 0.1) is 10.5 Å². The molecule has 1 N–H and O–H groups in total. The molecule has 22 heavy (non-hydrogen) atoms. The molecule has 2 rings (SSSR count). The normalized spacial score (nSPS) is 11.9. The number of halogens is 2. The van der Waals surface area contributed by atoms with Gasteiger partial charge in [0, 0.05) is 3.57 Å². The molecule has 0 aliphatic carbocycles. The largest absolute Gasteiger partial charge is 0.496 e. The molecule has 0 saturated heterocycles. The van der Waals surface area contributed by atoms with Gasteiger partial charge in [-0.15, -0.1) is 0 Å². The molecule has 1 amide bonds. The van der Waals surface area contributed by atoms with E-state index in [4.69, 9.17) is 4.74 Å². The van der Waals surface area contributed by atoms with E-state index in [0.29, 0.717) is 5.56 Å². The van der Waals surface area contributed by atoms with Crippen molar-refractivity contribution in [2.24, 2.45) is 0 Å². The summed E-state index contributed by atoms with van der Waals surface area (Å²) in [5.41, 5.74) is 2.83. The van der Waals surface area contributed by atoms with Crippen LogP contribution in [0.1, 0.15) is 34.5 Å². The van der Waals surface area contributed by atoms with Crippen LogP contribution in [0.4, 0.5) is 0 Å². The van der Waals surface area contributed by atoms with Gasteiger partial charge in [-0.2, -0.15) is 0 Å². The molecule has 0 heterocycles. The monoisotopic (exact) mass is 473 g/mol. The molecule has 1 unspecified atom stereocenters. The number of rotatable bonds is 4. The van der Waals surface area contributed by atoms with E-state index in [-0.39, 0.29) is 11.9 Å². The topological polar surface area (TPSA) is 38.3 Å². The predicted octanol–water partition coefficient (Wildman–Crippen LogP) is 4.86. The van der Waals surface area contributed by atoms with Gasteiger partial charge in [-0.1, -0.05) is 18.2 Å². The Labute approximate surface area is 152 Å². The summed E-state index contributed by atoms with van der Waals surface area (Å²) in [6.45, 7) is 3.97. The second-order valence-corrected chi connectivity index (χ2v) is 6.96. The summed E-state index contributed by atoms with van der Waals surface area (Å²) in [6.07, 6.45) is 0. The molecule has 0 fully saturated rings. The van der Waals surface area contributed by atoms with Gasteiger partial charge in [-0.05, 0) is 81.7 Å². The van der Waals surface area contributed by atoms with Crippen molar-refractivity contribution in [2.45, 2.75) is 19.9 Å². The van der Waals surface area contributed by atoms with Crippen LogP contribution < -0.4 is 10.1 Å². The Hall–Kier alpha value is -1.08. The number of aryl methyl sites for hydroxylation is 1.